The number of sulfone groups is 1. The molecule has 2 aliphatic heterocycles. The summed E-state index contributed by atoms with van der Waals surface area (Å²) in [5.41, 5.74) is 5.14. The lowest BCUT2D eigenvalue weighted by Gasteiger charge is -2.31. The van der Waals surface area contributed by atoms with Crippen LogP contribution in [-0.4, -0.2) is 80.9 Å². The number of aromatic nitrogens is 1. The molecule has 15 heteroatoms. The van der Waals surface area contributed by atoms with Crippen molar-refractivity contribution in [2.45, 2.75) is 31.3 Å². The summed E-state index contributed by atoms with van der Waals surface area (Å²) in [7, 11) is -6.54. The fourth-order valence-electron chi connectivity index (χ4n) is 4.31. The maximum atomic E-state index is 14.0. The molecule has 0 aliphatic carbocycles. The van der Waals surface area contributed by atoms with E-state index in [4.69, 9.17) is 5.73 Å². The third kappa shape index (κ3) is 6.19. The summed E-state index contributed by atoms with van der Waals surface area (Å²) >= 11 is 0.890. The van der Waals surface area contributed by atoms with Crippen LogP contribution in [0.1, 0.15) is 34.5 Å². The third-order valence-electron chi connectivity index (χ3n) is 6.25. The average Bonchev–Trinajstić information content (AvgIpc) is 3.34. The quantitative estimate of drug-likeness (QED) is 0.383. The van der Waals surface area contributed by atoms with Crippen molar-refractivity contribution in [3.8, 4) is 0 Å². The Hall–Kier alpha value is -2.20. The van der Waals surface area contributed by atoms with E-state index in [1.165, 1.54) is 4.31 Å². The molecule has 2 fully saturated rings. The normalized spacial score (nSPS) is 21.0. The van der Waals surface area contributed by atoms with Crippen molar-refractivity contribution < 1.29 is 30.4 Å². The third-order valence-corrected chi connectivity index (χ3v) is 10.9. The highest BCUT2D eigenvalue weighted by molar-refractivity contribution is 7.91. The molecule has 2 saturated heterocycles. The molecule has 36 heavy (non-hydrogen) atoms. The van der Waals surface area contributed by atoms with Gasteiger partial charge in [-0.1, -0.05) is 17.4 Å². The number of sulfonamides is 1. The molecule has 1 aromatic carbocycles. The Labute approximate surface area is 212 Å². The average molecular weight is 564 g/mol. The fraction of sp³-hybridized carbons (Fsp3) is 0.524. The molecular weight excluding hydrogens is 536 g/mol. The summed E-state index contributed by atoms with van der Waals surface area (Å²) in [5, 5.41) is 6.46. The Kier molecular flexibility index (Phi) is 7.95. The van der Waals surface area contributed by atoms with Crippen LogP contribution < -0.4 is 16.4 Å². The predicted octanol–water partition coefficient (Wildman–Crippen LogP) is 1.22. The summed E-state index contributed by atoms with van der Waals surface area (Å²) < 4.78 is 77.8. The SMILES string of the molecule is Nc1nc(NC2CCN(S(=O)(=O)CCNC3CCS(=O)(=O)C3)CC2)sc1C(=O)c1c(F)cccc1F. The van der Waals surface area contributed by atoms with E-state index in [-0.39, 0.29) is 59.7 Å². The van der Waals surface area contributed by atoms with Crippen molar-refractivity contribution >= 4 is 47.9 Å². The number of hydrogen-bond donors (Lipinski definition) is 3. The first-order chi connectivity index (χ1) is 16.9. The summed E-state index contributed by atoms with van der Waals surface area (Å²) in [6.07, 6.45) is 1.46. The summed E-state index contributed by atoms with van der Waals surface area (Å²) in [6, 6.07) is 2.80. The van der Waals surface area contributed by atoms with E-state index in [2.05, 4.69) is 15.6 Å². The number of thiazole rings is 1. The van der Waals surface area contributed by atoms with E-state index in [1.54, 1.807) is 0 Å². The number of nitrogens with two attached hydrogens (primary N) is 1. The summed E-state index contributed by atoms with van der Waals surface area (Å²) in [5.74, 6) is -2.97. The van der Waals surface area contributed by atoms with Crippen molar-refractivity contribution in [3.05, 3.63) is 40.3 Å². The molecule has 4 rings (SSSR count). The first kappa shape index (κ1) is 26.9. The maximum Gasteiger partial charge on any atom is 0.215 e. The van der Waals surface area contributed by atoms with Crippen LogP contribution in [0.2, 0.25) is 0 Å². The number of carbonyl (C=O) groups excluding carboxylic acids is 1. The molecule has 2 aromatic rings. The van der Waals surface area contributed by atoms with Crippen LogP contribution in [0.5, 0.6) is 0 Å². The second-order valence-electron chi connectivity index (χ2n) is 8.85. The molecule has 1 unspecified atom stereocenters. The van der Waals surface area contributed by atoms with Crippen LogP contribution >= 0.6 is 11.3 Å². The van der Waals surface area contributed by atoms with Crippen LogP contribution in [-0.2, 0) is 19.9 Å². The van der Waals surface area contributed by atoms with Crippen molar-refractivity contribution in [2.75, 3.05) is 47.9 Å². The van der Waals surface area contributed by atoms with E-state index in [1.807, 2.05) is 0 Å². The Morgan fingerprint density at radius 1 is 1.17 bits per heavy atom. The molecule has 198 valence electrons. The number of ketones is 1. The molecular formula is C21H27F2N5O5S3. The smallest absolute Gasteiger partial charge is 0.215 e. The van der Waals surface area contributed by atoms with Gasteiger partial charge in [0.1, 0.15) is 22.3 Å². The van der Waals surface area contributed by atoms with E-state index >= 15 is 0 Å². The Bertz CT molecular complexity index is 1320. The van der Waals surface area contributed by atoms with E-state index in [9.17, 15) is 30.4 Å². The Morgan fingerprint density at radius 2 is 1.83 bits per heavy atom. The molecule has 10 nitrogen and oxygen atoms in total. The molecule has 0 saturated carbocycles. The van der Waals surface area contributed by atoms with Crippen LogP contribution in [0.3, 0.4) is 0 Å². The van der Waals surface area contributed by atoms with Gasteiger partial charge in [-0.05, 0) is 31.4 Å². The van der Waals surface area contributed by atoms with Crippen LogP contribution in [0.25, 0.3) is 0 Å². The first-order valence-electron chi connectivity index (χ1n) is 11.4. The minimum absolute atomic E-state index is 0.0356. The standard InChI is InChI=1S/C21H27F2N5O5S3/c22-15-2-1-3-16(23)17(15)18(29)19-20(24)27-21(34-19)26-13-4-8-28(9-5-13)36(32,33)11-7-25-14-6-10-35(30,31)12-14/h1-3,13-14,25H,4-12,24H2,(H,26,27). The molecule has 1 aromatic heterocycles. The highest BCUT2D eigenvalue weighted by atomic mass is 32.2. The number of anilines is 2. The van der Waals surface area contributed by atoms with Gasteiger partial charge in [-0.3, -0.25) is 4.79 Å². The minimum atomic E-state index is -3.51. The maximum absolute atomic E-state index is 14.0. The second-order valence-corrected chi connectivity index (χ2v) is 14.2. The lowest BCUT2D eigenvalue weighted by atomic mass is 10.1. The monoisotopic (exact) mass is 563 g/mol. The van der Waals surface area contributed by atoms with Gasteiger partial charge in [-0.2, -0.15) is 0 Å². The Balaban J connectivity index is 1.29. The van der Waals surface area contributed by atoms with Crippen LogP contribution in [0, 0.1) is 11.6 Å². The number of hydrogen-bond acceptors (Lipinski definition) is 10. The molecule has 4 N–H and O–H groups in total. The number of halogens is 2. The summed E-state index contributed by atoms with van der Waals surface area (Å²) in [4.78, 5) is 16.7. The highest BCUT2D eigenvalue weighted by Gasteiger charge is 2.31. The zero-order valence-electron chi connectivity index (χ0n) is 19.2. The van der Waals surface area contributed by atoms with Gasteiger partial charge < -0.3 is 16.4 Å². The molecule has 0 bridgehead atoms. The molecule has 3 heterocycles. The number of nitrogens with one attached hydrogen (secondary N) is 2. The molecule has 0 spiro atoms. The van der Waals surface area contributed by atoms with Gasteiger partial charge in [0, 0.05) is 31.7 Å². The summed E-state index contributed by atoms with van der Waals surface area (Å²) in [6.45, 7) is 0.744. The van der Waals surface area contributed by atoms with Crippen LogP contribution in [0.15, 0.2) is 18.2 Å². The number of benzene rings is 1. The molecule has 1 atom stereocenters. The number of nitrogen functional groups attached to an aromatic ring is 1. The van der Waals surface area contributed by atoms with Crippen molar-refractivity contribution in [3.63, 3.8) is 0 Å². The van der Waals surface area contributed by atoms with Crippen molar-refractivity contribution in [2.24, 2.45) is 0 Å². The van der Waals surface area contributed by atoms with Crippen LogP contribution in [0.4, 0.5) is 19.7 Å². The fourth-order valence-corrected chi connectivity index (χ4v) is 8.33. The topological polar surface area (TPSA) is 152 Å². The molecule has 2 aliphatic rings. The zero-order valence-corrected chi connectivity index (χ0v) is 21.7. The van der Waals surface area contributed by atoms with E-state index < -0.39 is 42.8 Å². The van der Waals surface area contributed by atoms with Gasteiger partial charge in [-0.15, -0.1) is 0 Å². The lowest BCUT2D eigenvalue weighted by Crippen LogP contribution is -2.45. The number of carbonyl (C=O) groups is 1. The van der Waals surface area contributed by atoms with Gasteiger partial charge in [0.05, 0.1) is 22.8 Å². The Morgan fingerprint density at radius 3 is 2.44 bits per heavy atom. The second kappa shape index (κ2) is 10.7. The van der Waals surface area contributed by atoms with Gasteiger partial charge in [-0.25, -0.2) is 34.9 Å². The first-order valence-corrected chi connectivity index (χ1v) is 15.6. The van der Waals surface area contributed by atoms with E-state index in [0.29, 0.717) is 24.4 Å². The zero-order chi connectivity index (χ0) is 26.1. The molecule has 0 amide bonds. The molecule has 0 radical (unpaired) electrons. The highest BCUT2D eigenvalue weighted by Crippen LogP contribution is 2.30. The number of rotatable bonds is 9. The number of nitrogens with zero attached hydrogens (tertiary/aromatic N) is 2. The van der Waals surface area contributed by atoms with Gasteiger partial charge in [0.25, 0.3) is 0 Å². The van der Waals surface area contributed by atoms with Gasteiger partial charge in [0.2, 0.25) is 15.8 Å². The minimum Gasteiger partial charge on any atom is -0.382 e. The van der Waals surface area contributed by atoms with Gasteiger partial charge in [0.15, 0.2) is 15.0 Å². The van der Waals surface area contributed by atoms with Gasteiger partial charge >= 0.3 is 0 Å². The van der Waals surface area contributed by atoms with Crippen molar-refractivity contribution in [1.82, 2.24) is 14.6 Å². The van der Waals surface area contributed by atoms with E-state index in [0.717, 1.165) is 29.5 Å². The number of piperidine rings is 1. The van der Waals surface area contributed by atoms with Crippen molar-refractivity contribution in [1.29, 1.82) is 0 Å². The predicted molar refractivity (Wildman–Crippen MR) is 133 cm³/mol. The lowest BCUT2D eigenvalue weighted by molar-refractivity contribution is 0.103. The largest absolute Gasteiger partial charge is 0.382 e.